The number of nitrogens with two attached hydrogens (primary N) is 1. The van der Waals surface area contributed by atoms with Crippen LogP contribution in [0.5, 0.6) is 0 Å². The van der Waals surface area contributed by atoms with Gasteiger partial charge < -0.3 is 5.73 Å². The molecule has 0 aliphatic rings. The van der Waals surface area contributed by atoms with Gasteiger partial charge in [0.2, 0.25) is 0 Å². The number of ketones is 1. The Balaban J connectivity index is 2.80. The summed E-state index contributed by atoms with van der Waals surface area (Å²) in [5.74, 6) is -0.728. The van der Waals surface area contributed by atoms with Crippen molar-refractivity contribution in [2.75, 3.05) is 0 Å². The molecule has 1 atom stereocenters. The van der Waals surface area contributed by atoms with Gasteiger partial charge in [0.05, 0.1) is 10.0 Å². The van der Waals surface area contributed by atoms with E-state index in [1.807, 2.05) is 0 Å². The molecule has 0 saturated heterocycles. The van der Waals surface area contributed by atoms with Crippen LogP contribution < -0.4 is 5.73 Å². The van der Waals surface area contributed by atoms with Gasteiger partial charge in [0.25, 0.3) is 0 Å². The Morgan fingerprint density at radius 2 is 1.88 bits per heavy atom. The van der Waals surface area contributed by atoms with Crippen molar-refractivity contribution in [1.82, 2.24) is 0 Å². The van der Waals surface area contributed by atoms with Crippen molar-refractivity contribution in [3.8, 4) is 0 Å². The monoisotopic (exact) mass is 285 g/mol. The van der Waals surface area contributed by atoms with Crippen LogP contribution in [0.2, 0.25) is 10.0 Å². The molecule has 1 rings (SSSR count). The largest absolute Gasteiger partial charge is 0.404 e. The predicted octanol–water partition coefficient (Wildman–Crippen LogP) is 3.46. The first-order valence-electron chi connectivity index (χ1n) is 4.52. The molecule has 0 bridgehead atoms. The third-order valence-electron chi connectivity index (χ3n) is 2.07. The summed E-state index contributed by atoms with van der Waals surface area (Å²) in [4.78, 5) is 11.5. The SMILES string of the molecule is NC(CC(=O)c1ccc(Cl)c(Cl)c1)C(F)(F)F. The summed E-state index contributed by atoms with van der Waals surface area (Å²) in [5, 5.41) is 0.335. The van der Waals surface area contributed by atoms with E-state index in [0.717, 1.165) is 0 Å². The molecular weight excluding hydrogens is 278 g/mol. The van der Waals surface area contributed by atoms with E-state index in [4.69, 9.17) is 28.9 Å². The van der Waals surface area contributed by atoms with Gasteiger partial charge in [0.15, 0.2) is 5.78 Å². The van der Waals surface area contributed by atoms with Crippen LogP contribution in [0.3, 0.4) is 0 Å². The Hall–Kier alpha value is -0.780. The van der Waals surface area contributed by atoms with Gasteiger partial charge in [-0.2, -0.15) is 13.2 Å². The van der Waals surface area contributed by atoms with Gasteiger partial charge in [-0.05, 0) is 18.2 Å². The third-order valence-corrected chi connectivity index (χ3v) is 2.81. The lowest BCUT2D eigenvalue weighted by atomic mass is 10.0. The molecule has 0 aliphatic carbocycles. The number of halogens is 5. The maximum atomic E-state index is 12.1. The van der Waals surface area contributed by atoms with E-state index >= 15 is 0 Å². The standard InChI is InChI=1S/C10H8Cl2F3NO/c11-6-2-1-5(3-7(6)12)8(17)4-9(16)10(13,14)15/h1-3,9H,4,16H2. The Kier molecular flexibility index (Phi) is 4.41. The van der Waals surface area contributed by atoms with Crippen molar-refractivity contribution in [2.45, 2.75) is 18.6 Å². The minimum absolute atomic E-state index is 0.0547. The summed E-state index contributed by atoms with van der Waals surface area (Å²) < 4.78 is 36.4. The maximum Gasteiger partial charge on any atom is 0.404 e. The lowest BCUT2D eigenvalue weighted by molar-refractivity contribution is -0.146. The van der Waals surface area contributed by atoms with Crippen LogP contribution in [0.4, 0.5) is 13.2 Å². The second-order valence-corrected chi connectivity index (χ2v) is 4.22. The van der Waals surface area contributed by atoms with Gasteiger partial charge in [-0.15, -0.1) is 0 Å². The topological polar surface area (TPSA) is 43.1 Å². The first kappa shape index (κ1) is 14.3. The Morgan fingerprint density at radius 3 is 2.35 bits per heavy atom. The maximum absolute atomic E-state index is 12.1. The highest BCUT2D eigenvalue weighted by atomic mass is 35.5. The highest BCUT2D eigenvalue weighted by molar-refractivity contribution is 6.42. The lowest BCUT2D eigenvalue weighted by Gasteiger charge is -2.14. The van der Waals surface area contributed by atoms with Crippen molar-refractivity contribution in [3.05, 3.63) is 33.8 Å². The zero-order valence-corrected chi connectivity index (χ0v) is 9.90. The molecule has 0 aliphatic heterocycles. The first-order chi connectivity index (χ1) is 7.71. The van der Waals surface area contributed by atoms with E-state index in [0.29, 0.717) is 0 Å². The average molecular weight is 286 g/mol. The van der Waals surface area contributed by atoms with Crippen LogP contribution in [0.15, 0.2) is 18.2 Å². The summed E-state index contributed by atoms with van der Waals surface area (Å²) in [7, 11) is 0. The molecule has 17 heavy (non-hydrogen) atoms. The summed E-state index contributed by atoms with van der Waals surface area (Å²) in [5.41, 5.74) is 4.91. The Morgan fingerprint density at radius 1 is 1.29 bits per heavy atom. The number of hydrogen-bond acceptors (Lipinski definition) is 2. The first-order valence-corrected chi connectivity index (χ1v) is 5.28. The normalized spacial score (nSPS) is 13.5. The minimum atomic E-state index is -4.59. The number of hydrogen-bond donors (Lipinski definition) is 1. The molecule has 0 radical (unpaired) electrons. The van der Waals surface area contributed by atoms with Crippen LogP contribution in [-0.4, -0.2) is 18.0 Å². The van der Waals surface area contributed by atoms with E-state index in [9.17, 15) is 18.0 Å². The molecule has 1 aromatic carbocycles. The number of rotatable bonds is 3. The lowest BCUT2D eigenvalue weighted by Crippen LogP contribution is -2.39. The second kappa shape index (κ2) is 5.25. The van der Waals surface area contributed by atoms with Crippen LogP contribution in [-0.2, 0) is 0 Å². The van der Waals surface area contributed by atoms with Crippen LogP contribution in [0.1, 0.15) is 16.8 Å². The van der Waals surface area contributed by atoms with Crippen molar-refractivity contribution < 1.29 is 18.0 Å². The zero-order chi connectivity index (χ0) is 13.2. The fourth-order valence-electron chi connectivity index (χ4n) is 1.10. The van der Waals surface area contributed by atoms with Gasteiger partial charge in [0, 0.05) is 12.0 Å². The molecule has 0 fully saturated rings. The molecular formula is C10H8Cl2F3NO. The van der Waals surface area contributed by atoms with E-state index in [2.05, 4.69) is 0 Å². The van der Waals surface area contributed by atoms with Gasteiger partial charge in [-0.1, -0.05) is 23.2 Å². The number of benzene rings is 1. The molecule has 94 valence electrons. The van der Waals surface area contributed by atoms with E-state index in [-0.39, 0.29) is 15.6 Å². The molecule has 0 saturated carbocycles. The molecule has 2 nitrogen and oxygen atoms in total. The van der Waals surface area contributed by atoms with Crippen molar-refractivity contribution in [2.24, 2.45) is 5.73 Å². The predicted molar refractivity (Wildman–Crippen MR) is 59.4 cm³/mol. The van der Waals surface area contributed by atoms with Gasteiger partial charge >= 0.3 is 6.18 Å². The van der Waals surface area contributed by atoms with E-state index in [1.165, 1.54) is 18.2 Å². The molecule has 0 amide bonds. The minimum Gasteiger partial charge on any atom is -0.320 e. The van der Waals surface area contributed by atoms with Crippen molar-refractivity contribution in [1.29, 1.82) is 0 Å². The fraction of sp³-hybridized carbons (Fsp3) is 0.300. The molecule has 0 spiro atoms. The molecule has 2 N–H and O–H groups in total. The van der Waals surface area contributed by atoms with Gasteiger partial charge in [0.1, 0.15) is 6.04 Å². The average Bonchev–Trinajstić information content (AvgIpc) is 2.20. The van der Waals surface area contributed by atoms with Gasteiger partial charge in [-0.3, -0.25) is 4.79 Å². The number of Topliss-reactive ketones (excluding diaryl/α,β-unsaturated/α-hetero) is 1. The third kappa shape index (κ3) is 3.87. The van der Waals surface area contributed by atoms with Crippen molar-refractivity contribution >= 4 is 29.0 Å². The zero-order valence-electron chi connectivity index (χ0n) is 8.39. The quantitative estimate of drug-likeness (QED) is 0.865. The second-order valence-electron chi connectivity index (χ2n) is 3.40. The molecule has 0 aromatic heterocycles. The van der Waals surface area contributed by atoms with E-state index < -0.39 is 24.4 Å². The van der Waals surface area contributed by atoms with Crippen LogP contribution in [0.25, 0.3) is 0 Å². The highest BCUT2D eigenvalue weighted by Crippen LogP contribution is 2.25. The number of carbonyl (C=O) groups is 1. The van der Waals surface area contributed by atoms with Crippen LogP contribution in [0, 0.1) is 0 Å². The van der Waals surface area contributed by atoms with Crippen molar-refractivity contribution in [3.63, 3.8) is 0 Å². The van der Waals surface area contributed by atoms with E-state index in [1.54, 1.807) is 0 Å². The molecule has 7 heteroatoms. The Bertz CT molecular complexity index is 434. The highest BCUT2D eigenvalue weighted by Gasteiger charge is 2.38. The summed E-state index contributed by atoms with van der Waals surface area (Å²) in [6.45, 7) is 0. The fourth-order valence-corrected chi connectivity index (χ4v) is 1.40. The molecule has 1 aromatic rings. The summed E-state index contributed by atoms with van der Waals surface area (Å²) in [6, 6.07) is 1.69. The number of alkyl halides is 3. The van der Waals surface area contributed by atoms with Gasteiger partial charge in [-0.25, -0.2) is 0 Å². The smallest absolute Gasteiger partial charge is 0.320 e. The molecule has 1 unspecified atom stereocenters. The number of carbonyl (C=O) groups excluding carboxylic acids is 1. The summed E-state index contributed by atoms with van der Waals surface area (Å²) >= 11 is 11.3. The van der Waals surface area contributed by atoms with Crippen LogP contribution >= 0.6 is 23.2 Å². The summed E-state index contributed by atoms with van der Waals surface area (Å²) in [6.07, 6.45) is -5.41. The molecule has 0 heterocycles. The Labute approximate surface area is 105 Å².